The number of aromatic nitrogens is 3. The predicted octanol–water partition coefficient (Wildman–Crippen LogP) is 13.2. The first-order chi connectivity index (χ1) is 46.8. The zero-order valence-electron chi connectivity index (χ0n) is 66.8. The number of nitrogens with one attached hydrogen (secondary N) is 2. The molecule has 0 saturated carbocycles. The van der Waals surface area contributed by atoms with E-state index in [2.05, 4.69) is 169 Å². The monoisotopic (exact) mass is 1530 g/mol. The van der Waals surface area contributed by atoms with Crippen LogP contribution in [0.4, 0.5) is 0 Å². The highest BCUT2D eigenvalue weighted by Gasteiger charge is 2.26. The van der Waals surface area contributed by atoms with Gasteiger partial charge in [-0.2, -0.15) is 0 Å². The fourth-order valence-corrected chi connectivity index (χ4v) is 10.7. The molecule has 2 aromatic rings. The number of hydrogen-bond acceptors (Lipinski definition) is 18. The van der Waals surface area contributed by atoms with Gasteiger partial charge in [-0.15, -0.1) is 66.8 Å². The third-order valence-corrected chi connectivity index (χ3v) is 21.4. The van der Waals surface area contributed by atoms with Gasteiger partial charge in [0.15, 0.2) is 0 Å². The molecule has 0 fully saturated rings. The molecule has 0 aliphatic carbocycles. The molecule has 6 atom stereocenters. The molecule has 0 bridgehead atoms. The van der Waals surface area contributed by atoms with Gasteiger partial charge in [-0.3, -0.25) is 38.2 Å². The molecule has 1 aromatic heterocycles. The lowest BCUT2D eigenvalue weighted by atomic mass is 10.1. The number of nitrogens with zero attached hydrogens (tertiary/aromatic N) is 4. The molecular formula is C75H135N6O17PSi4. The Balaban J connectivity index is -0.000000208. The maximum atomic E-state index is 12.0. The number of terminal acetylenes is 5. The number of aliphatic hydroxyl groups excluding tert-OH is 1. The van der Waals surface area contributed by atoms with Crippen LogP contribution in [-0.4, -0.2) is 180 Å². The summed E-state index contributed by atoms with van der Waals surface area (Å²) in [5, 5.41) is 37.9. The van der Waals surface area contributed by atoms with Crippen molar-refractivity contribution < 1.29 is 76.8 Å². The Morgan fingerprint density at radius 2 is 0.903 bits per heavy atom. The summed E-state index contributed by atoms with van der Waals surface area (Å²) in [6, 6.07) is 10.3. The van der Waals surface area contributed by atoms with Gasteiger partial charge in [-0.1, -0.05) is 154 Å². The highest BCUT2D eigenvalue weighted by Crippen LogP contribution is 2.39. The number of benzene rings is 1. The fourth-order valence-electron chi connectivity index (χ4n) is 6.94. The molecule has 0 saturated heterocycles. The molecule has 1 heterocycles. The molecule has 0 aliphatic rings. The lowest BCUT2D eigenvalue weighted by Crippen LogP contribution is -2.43. The first kappa shape index (κ1) is 110. The van der Waals surface area contributed by atoms with Crippen LogP contribution in [0, 0.1) is 91.3 Å². The summed E-state index contributed by atoms with van der Waals surface area (Å²) in [6.07, 6.45) is 26.7. The quantitative estimate of drug-likeness (QED) is 0.0149. The SMILES string of the molecule is C.C#CC[C@@H](C)C(=O)O.C#CC[C@@H](C)C(=O)OCC[Si](C)(C)C.C#CC[C@@H](C)C(=O)OCC[Si](C)(C)C.C#CC[C@@H](NC(=O)C(C)C)C(=O)O.C#CC[C@@H](NC(=O)C(C)C)C(=O)OCC[Si](C)(C)C.CCN(C(C)C)C(C)C.CCOP(C)(=O)On1nnc2ccccc2c1=O.C[Si](C)(C)CCO. The third-order valence-electron chi connectivity index (χ3n) is 13.4. The molecule has 0 spiro atoms. The van der Waals surface area contributed by atoms with Crippen LogP contribution >= 0.6 is 7.60 Å². The lowest BCUT2D eigenvalue weighted by molar-refractivity contribution is -0.148. The van der Waals surface area contributed by atoms with E-state index < -0.39 is 81.4 Å². The average molecular weight is 1540 g/mol. The summed E-state index contributed by atoms with van der Waals surface area (Å²) in [5.74, 6) is 7.43. The van der Waals surface area contributed by atoms with Gasteiger partial charge in [0.05, 0.1) is 56.2 Å². The van der Waals surface area contributed by atoms with Crippen LogP contribution in [0.25, 0.3) is 10.9 Å². The summed E-state index contributed by atoms with van der Waals surface area (Å²) in [4.78, 5) is 92.7. The molecule has 2 rings (SSSR count). The van der Waals surface area contributed by atoms with Gasteiger partial charge >= 0.3 is 43.0 Å². The summed E-state index contributed by atoms with van der Waals surface area (Å²) < 4.78 is 37.1. The first-order valence-electron chi connectivity index (χ1n) is 34.6. The van der Waals surface area contributed by atoms with Crippen molar-refractivity contribution in [3.8, 4) is 61.7 Å². The van der Waals surface area contributed by atoms with E-state index in [1.807, 2.05) is 0 Å². The maximum absolute atomic E-state index is 12.0. The van der Waals surface area contributed by atoms with Gasteiger partial charge in [0.25, 0.3) is 0 Å². The smallest absolute Gasteiger partial charge is 0.397 e. The van der Waals surface area contributed by atoms with Crippen molar-refractivity contribution in [2.75, 3.05) is 46.2 Å². The maximum Gasteiger partial charge on any atom is 0.397 e. The minimum atomic E-state index is -3.36. The molecule has 0 aliphatic heterocycles. The number of carbonyl (C=O) groups is 7. The largest absolute Gasteiger partial charge is 0.481 e. The molecule has 1 aromatic carbocycles. The van der Waals surface area contributed by atoms with Crippen LogP contribution in [0.5, 0.6) is 0 Å². The number of carboxylic acids is 2. The Labute approximate surface area is 625 Å². The van der Waals surface area contributed by atoms with Gasteiger partial charge in [0.1, 0.15) is 17.6 Å². The molecule has 2 amide bonds. The van der Waals surface area contributed by atoms with Gasteiger partial charge < -0.3 is 44.8 Å². The van der Waals surface area contributed by atoms with E-state index in [0.717, 1.165) is 30.7 Å². The molecule has 28 heteroatoms. The van der Waals surface area contributed by atoms with Crippen LogP contribution in [0.3, 0.4) is 0 Å². The number of aliphatic hydroxyl groups is 1. The van der Waals surface area contributed by atoms with Crippen molar-refractivity contribution in [3.05, 3.63) is 34.6 Å². The molecule has 23 nitrogen and oxygen atoms in total. The highest BCUT2D eigenvalue weighted by molar-refractivity contribution is 7.53. The number of amides is 2. The van der Waals surface area contributed by atoms with E-state index in [1.54, 1.807) is 79.7 Å². The summed E-state index contributed by atoms with van der Waals surface area (Å²) in [7, 11) is -7.69. The van der Waals surface area contributed by atoms with Crippen molar-refractivity contribution in [3.63, 3.8) is 0 Å². The van der Waals surface area contributed by atoms with Crippen molar-refractivity contribution in [1.82, 2.24) is 30.7 Å². The lowest BCUT2D eigenvalue weighted by Gasteiger charge is -2.28. The second kappa shape index (κ2) is 59.4. The number of carbonyl (C=O) groups excluding carboxylic acids is 5. The van der Waals surface area contributed by atoms with Gasteiger partial charge in [0, 0.05) is 94.9 Å². The van der Waals surface area contributed by atoms with E-state index in [1.165, 1.54) is 6.66 Å². The summed E-state index contributed by atoms with van der Waals surface area (Å²) >= 11 is 0. The molecule has 5 N–H and O–H groups in total. The summed E-state index contributed by atoms with van der Waals surface area (Å²) in [5.41, 5.74) is -0.0768. The normalized spacial score (nSPS) is 12.7. The molecule has 588 valence electrons. The average Bonchev–Trinajstić information content (AvgIpc) is 0.807. The number of rotatable bonds is 32. The van der Waals surface area contributed by atoms with Gasteiger partial charge in [-0.05, 0) is 87.5 Å². The van der Waals surface area contributed by atoms with E-state index >= 15 is 0 Å². The van der Waals surface area contributed by atoms with Crippen molar-refractivity contribution in [2.45, 2.75) is 256 Å². The second-order valence-corrected chi connectivity index (χ2v) is 54.3. The first-order valence-corrected chi connectivity index (χ1v) is 51.4. The third kappa shape index (κ3) is 65.6. The topological polar surface area (TPSA) is 318 Å². The van der Waals surface area contributed by atoms with Crippen LogP contribution in [-0.2, 0) is 56.9 Å². The van der Waals surface area contributed by atoms with Crippen molar-refractivity contribution in [1.29, 1.82) is 0 Å². The molecule has 103 heavy (non-hydrogen) atoms. The van der Waals surface area contributed by atoms with Crippen LogP contribution in [0.2, 0.25) is 103 Å². The minimum Gasteiger partial charge on any atom is -0.481 e. The Kier molecular flexibility index (Phi) is 63.2. The molecular weight excluding hydrogens is 1400 g/mol. The Morgan fingerprint density at radius 1 is 0.553 bits per heavy atom. The number of carboxylic acid groups (broad SMARTS) is 2. The Bertz CT molecular complexity index is 3020. The highest BCUT2D eigenvalue weighted by atomic mass is 31.2. The van der Waals surface area contributed by atoms with E-state index in [4.69, 9.17) is 70.8 Å². The van der Waals surface area contributed by atoms with Gasteiger partial charge in [-0.25, -0.2) is 14.2 Å². The number of hydrogen-bond donors (Lipinski definition) is 5. The Hall–Kier alpha value is -6.84. The van der Waals surface area contributed by atoms with Gasteiger partial charge in [0.2, 0.25) is 11.8 Å². The number of esters is 3. The minimum absolute atomic E-state index is 0. The molecule has 0 radical (unpaired) electrons. The van der Waals surface area contributed by atoms with Crippen LogP contribution in [0.15, 0.2) is 29.1 Å². The predicted molar refractivity (Wildman–Crippen MR) is 431 cm³/mol. The fraction of sp³-hybridized carbons (Fsp3) is 0.680. The Morgan fingerprint density at radius 3 is 1.18 bits per heavy atom. The van der Waals surface area contributed by atoms with E-state index in [-0.39, 0.29) is 74.3 Å². The van der Waals surface area contributed by atoms with Crippen LogP contribution < -0.4 is 20.8 Å². The zero-order chi connectivity index (χ0) is 81.0. The summed E-state index contributed by atoms with van der Waals surface area (Å²) in [6.45, 7) is 56.3. The number of aliphatic carboxylic acids is 2. The van der Waals surface area contributed by atoms with Crippen molar-refractivity contribution >= 4 is 92.5 Å². The standard InChI is InChI=1S/C14H25NO3Si.2C11H20O2Si.C10H12N3O4P.C9H13NO3.C8H19N.C6H8O2.C5H14OSi.CH4/c1-7-8-12(15-13(16)11(2)3)14(17)18-9-10-19(4,5)6;2*1-6-7-10(2)11(12)13-8-9-14(3,4)5;1-3-16-18(2,15)17-13-10(14)8-6-4-5-7-9(8)11-12-13;1-4-5-7(9(12)13)10-8(11)6(2)3;1-6-9(7(2)3)8(4)5;1-3-4-5(2)6(7)8;1-7(2,3)5-4-6;/h1,11-12H,8-10H2,2-6H3,(H,15,16);2*1,10H,7-9H2,2-5H3;4-7H,3H2,1-2H3;1,6-7H,5H2,2-3H3,(H,10,11)(H,12,13);7-8H,6H2,1-5H3;1,5H,4H2,2H3,(H,7,8);6H,4-5H2,1-3H3;1H4/t12-;2*10-;;7-;;5-;;/m111.1.1../s1. The number of fused-ring (bicyclic) bond motifs is 1. The second-order valence-electron chi connectivity index (χ2n) is 29.9. The number of ether oxygens (including phenoxy) is 3. The van der Waals surface area contributed by atoms with E-state index in [9.17, 15) is 42.9 Å². The zero-order valence-corrected chi connectivity index (χ0v) is 71.7. The molecule has 1 unspecified atom stereocenters. The van der Waals surface area contributed by atoms with Crippen molar-refractivity contribution in [2.24, 2.45) is 29.6 Å². The van der Waals surface area contributed by atoms with E-state index in [0.29, 0.717) is 73.5 Å². The van der Waals surface area contributed by atoms with Crippen LogP contribution in [0.1, 0.15) is 130 Å².